The lowest BCUT2D eigenvalue weighted by molar-refractivity contribution is 0.0919. The van der Waals surface area contributed by atoms with Gasteiger partial charge in [0.1, 0.15) is 5.82 Å². The topological polar surface area (TPSA) is 107 Å². The van der Waals surface area contributed by atoms with Crippen LogP contribution < -0.4 is 26.2 Å². The standard InChI is InChI=1S/C33H40FN7O2/c1-21-29(38-33(43)27-12-7-23(18-28(27)34)22-5-6-22)4-3-13-41(21)26-19-30(31(32(35)42)36-20-26)37-24-8-10-25(11-9-24)40-16-14-39(2)15-17-40/h7-12,18-22,29,37H,3-6,13-17H2,1-2H3,(H2,35,42)(H,38,43)/t21-,29-/m1/s1. The number of hydrogen-bond acceptors (Lipinski definition) is 7. The van der Waals surface area contributed by atoms with Crippen molar-refractivity contribution in [3.05, 3.63) is 77.4 Å². The molecule has 9 nitrogen and oxygen atoms in total. The molecule has 10 heteroatoms. The summed E-state index contributed by atoms with van der Waals surface area (Å²) in [5, 5.41) is 6.42. The van der Waals surface area contributed by atoms with E-state index in [0.29, 0.717) is 11.6 Å². The lowest BCUT2D eigenvalue weighted by atomic mass is 9.96. The Morgan fingerprint density at radius 1 is 0.953 bits per heavy atom. The number of piperidine rings is 1. The van der Waals surface area contributed by atoms with Gasteiger partial charge in [-0.05, 0) is 93.6 Å². The number of primary amides is 1. The number of halogens is 1. The Balaban J connectivity index is 1.16. The third kappa shape index (κ3) is 6.44. The van der Waals surface area contributed by atoms with Gasteiger partial charge in [-0.25, -0.2) is 9.37 Å². The van der Waals surface area contributed by atoms with E-state index in [1.54, 1.807) is 12.3 Å². The Hall–Kier alpha value is -4.18. The van der Waals surface area contributed by atoms with Crippen molar-refractivity contribution < 1.29 is 14.0 Å². The zero-order valence-corrected chi connectivity index (χ0v) is 24.9. The molecule has 3 heterocycles. The first kappa shape index (κ1) is 28.9. The fourth-order valence-corrected chi connectivity index (χ4v) is 6.21. The Kier molecular flexibility index (Phi) is 8.21. The number of nitrogens with zero attached hydrogens (tertiary/aromatic N) is 4. The Morgan fingerprint density at radius 3 is 2.37 bits per heavy atom. The van der Waals surface area contributed by atoms with Gasteiger partial charge in [0.2, 0.25) is 0 Å². The zero-order valence-electron chi connectivity index (χ0n) is 24.9. The summed E-state index contributed by atoms with van der Waals surface area (Å²) in [7, 11) is 2.14. The summed E-state index contributed by atoms with van der Waals surface area (Å²) in [5.41, 5.74) is 10.2. The SMILES string of the molecule is C[C@@H]1[C@H](NC(=O)c2ccc(C3CC3)cc2F)CCCN1c1cnc(C(N)=O)c(Nc2ccc(N3CCN(C)CC3)cc2)c1. The molecule has 6 rings (SSSR count). The van der Waals surface area contributed by atoms with Gasteiger partial charge in [-0.15, -0.1) is 0 Å². The Labute approximate surface area is 252 Å². The van der Waals surface area contributed by atoms with Crippen molar-refractivity contribution in [3.63, 3.8) is 0 Å². The van der Waals surface area contributed by atoms with Gasteiger partial charge >= 0.3 is 0 Å². The van der Waals surface area contributed by atoms with E-state index in [2.05, 4.69) is 49.5 Å². The number of rotatable bonds is 8. The molecule has 2 amide bonds. The van der Waals surface area contributed by atoms with Gasteiger partial charge in [-0.1, -0.05) is 6.07 Å². The number of nitrogens with one attached hydrogen (secondary N) is 2. The van der Waals surface area contributed by atoms with E-state index in [-0.39, 0.29) is 23.3 Å². The predicted molar refractivity (Wildman–Crippen MR) is 168 cm³/mol. The maximum absolute atomic E-state index is 14.8. The second-order valence-corrected chi connectivity index (χ2v) is 12.1. The van der Waals surface area contributed by atoms with Crippen LogP contribution in [0.25, 0.3) is 0 Å². The number of amides is 2. The van der Waals surface area contributed by atoms with Gasteiger partial charge in [0.25, 0.3) is 11.8 Å². The monoisotopic (exact) mass is 585 g/mol. The molecule has 3 fully saturated rings. The molecule has 2 saturated heterocycles. The molecule has 226 valence electrons. The highest BCUT2D eigenvalue weighted by Gasteiger charge is 2.31. The van der Waals surface area contributed by atoms with Crippen molar-refractivity contribution in [1.82, 2.24) is 15.2 Å². The van der Waals surface area contributed by atoms with Crippen LogP contribution in [0, 0.1) is 5.82 Å². The fourth-order valence-electron chi connectivity index (χ4n) is 6.21. The number of anilines is 4. The van der Waals surface area contributed by atoms with Gasteiger partial charge < -0.3 is 31.1 Å². The first-order chi connectivity index (χ1) is 20.8. The van der Waals surface area contributed by atoms with E-state index in [9.17, 15) is 14.0 Å². The zero-order chi connectivity index (χ0) is 30.1. The highest BCUT2D eigenvalue weighted by molar-refractivity contribution is 5.98. The molecule has 0 radical (unpaired) electrons. The fraction of sp³-hybridized carbons (Fsp3) is 0.424. The minimum atomic E-state index is -0.616. The molecule has 4 N–H and O–H groups in total. The second-order valence-electron chi connectivity index (χ2n) is 12.1. The number of piperazine rings is 1. The Bertz CT molecular complexity index is 1490. The number of carbonyl (C=O) groups is 2. The normalized spacial score (nSPS) is 21.0. The van der Waals surface area contributed by atoms with Crippen LogP contribution in [0.5, 0.6) is 0 Å². The number of aromatic nitrogens is 1. The van der Waals surface area contributed by atoms with Crippen molar-refractivity contribution in [1.29, 1.82) is 0 Å². The quantitative estimate of drug-likeness (QED) is 0.358. The van der Waals surface area contributed by atoms with Crippen LogP contribution in [-0.2, 0) is 0 Å². The highest BCUT2D eigenvalue weighted by Crippen LogP contribution is 2.40. The van der Waals surface area contributed by atoms with Crippen LogP contribution in [0.1, 0.15) is 64.9 Å². The molecule has 1 aliphatic carbocycles. The lowest BCUT2D eigenvalue weighted by Gasteiger charge is -2.41. The predicted octanol–water partition coefficient (Wildman–Crippen LogP) is 4.48. The van der Waals surface area contributed by atoms with Crippen LogP contribution in [0.3, 0.4) is 0 Å². The largest absolute Gasteiger partial charge is 0.369 e. The third-order valence-corrected chi connectivity index (χ3v) is 9.04. The van der Waals surface area contributed by atoms with Crippen molar-refractivity contribution >= 4 is 34.6 Å². The maximum Gasteiger partial charge on any atom is 0.269 e. The lowest BCUT2D eigenvalue weighted by Crippen LogP contribution is -2.54. The van der Waals surface area contributed by atoms with Crippen LogP contribution in [0.15, 0.2) is 54.7 Å². The van der Waals surface area contributed by atoms with Gasteiger partial charge in [0.05, 0.1) is 23.1 Å². The number of pyridine rings is 1. The van der Waals surface area contributed by atoms with Gasteiger partial charge in [-0.3, -0.25) is 9.59 Å². The number of carbonyl (C=O) groups excluding carboxylic acids is 2. The molecule has 3 aromatic rings. The minimum absolute atomic E-state index is 0.0753. The summed E-state index contributed by atoms with van der Waals surface area (Å²) in [6.45, 7) is 6.84. The number of hydrogen-bond donors (Lipinski definition) is 3. The van der Waals surface area contributed by atoms with E-state index in [0.717, 1.165) is 81.0 Å². The molecule has 1 aromatic heterocycles. The summed E-state index contributed by atoms with van der Waals surface area (Å²) in [5.74, 6) is -1.06. The average Bonchev–Trinajstić information content (AvgIpc) is 3.85. The van der Waals surface area contributed by atoms with Crippen LogP contribution in [0.2, 0.25) is 0 Å². The van der Waals surface area contributed by atoms with Crippen molar-refractivity contribution in [2.24, 2.45) is 5.73 Å². The van der Waals surface area contributed by atoms with Gasteiger partial charge in [-0.2, -0.15) is 0 Å². The van der Waals surface area contributed by atoms with Crippen molar-refractivity contribution in [2.75, 3.05) is 54.9 Å². The summed E-state index contributed by atoms with van der Waals surface area (Å²) < 4.78 is 14.8. The first-order valence-corrected chi connectivity index (χ1v) is 15.2. The maximum atomic E-state index is 14.8. The summed E-state index contributed by atoms with van der Waals surface area (Å²) in [6, 6.07) is 14.8. The molecule has 43 heavy (non-hydrogen) atoms. The smallest absolute Gasteiger partial charge is 0.269 e. The van der Waals surface area contributed by atoms with E-state index < -0.39 is 17.6 Å². The second kappa shape index (κ2) is 12.2. The molecule has 0 bridgehead atoms. The Morgan fingerprint density at radius 2 is 1.70 bits per heavy atom. The average molecular weight is 586 g/mol. The molecular weight excluding hydrogens is 545 g/mol. The summed E-state index contributed by atoms with van der Waals surface area (Å²) in [4.78, 5) is 36.6. The van der Waals surface area contributed by atoms with E-state index >= 15 is 0 Å². The molecule has 0 spiro atoms. The van der Waals surface area contributed by atoms with Gasteiger partial charge in [0, 0.05) is 56.2 Å². The van der Waals surface area contributed by atoms with E-state index in [1.807, 2.05) is 31.2 Å². The van der Waals surface area contributed by atoms with Crippen LogP contribution in [-0.4, -0.2) is 73.6 Å². The molecule has 2 aromatic carbocycles. The molecular formula is C33H40FN7O2. The summed E-state index contributed by atoms with van der Waals surface area (Å²) >= 11 is 0. The number of likely N-dealkylation sites (N-methyl/N-ethyl adjacent to an activating group) is 1. The van der Waals surface area contributed by atoms with Crippen LogP contribution >= 0.6 is 0 Å². The third-order valence-electron chi connectivity index (χ3n) is 9.04. The molecule has 2 atom stereocenters. The minimum Gasteiger partial charge on any atom is -0.369 e. The molecule has 2 aliphatic heterocycles. The molecule has 1 saturated carbocycles. The summed E-state index contributed by atoms with van der Waals surface area (Å²) in [6.07, 6.45) is 5.43. The molecule has 3 aliphatic rings. The number of benzene rings is 2. The van der Waals surface area contributed by atoms with Crippen molar-refractivity contribution in [2.45, 2.75) is 50.6 Å². The van der Waals surface area contributed by atoms with Gasteiger partial charge in [0.15, 0.2) is 5.69 Å². The van der Waals surface area contributed by atoms with Crippen molar-refractivity contribution in [3.8, 4) is 0 Å². The highest BCUT2D eigenvalue weighted by atomic mass is 19.1. The first-order valence-electron chi connectivity index (χ1n) is 15.2. The molecule has 0 unspecified atom stereocenters. The van der Waals surface area contributed by atoms with Crippen LogP contribution in [0.4, 0.5) is 27.1 Å². The van der Waals surface area contributed by atoms with E-state index in [1.165, 1.54) is 6.07 Å². The van der Waals surface area contributed by atoms with E-state index in [4.69, 9.17) is 5.73 Å². The number of nitrogens with two attached hydrogens (primary N) is 1.